The normalized spacial score (nSPS) is 11.0. The summed E-state index contributed by atoms with van der Waals surface area (Å²) in [6, 6.07) is 34.0. The summed E-state index contributed by atoms with van der Waals surface area (Å²) in [5.74, 6) is -0.337. The minimum absolute atomic E-state index is 0.0983. The number of sulfonamides is 1. The Kier molecular flexibility index (Phi) is 6.86. The van der Waals surface area contributed by atoms with Gasteiger partial charge < -0.3 is 5.32 Å². The molecule has 0 saturated heterocycles. The van der Waals surface area contributed by atoms with E-state index in [-0.39, 0.29) is 17.3 Å². The van der Waals surface area contributed by atoms with Crippen molar-refractivity contribution in [3.8, 4) is 0 Å². The molecule has 6 heteroatoms. The summed E-state index contributed by atoms with van der Waals surface area (Å²) in [5, 5.41) is 2.91. The van der Waals surface area contributed by atoms with Crippen LogP contribution in [0, 0.1) is 0 Å². The number of nitrogens with zero attached hydrogens (tertiary/aromatic N) is 1. The molecule has 1 N–H and O–H groups in total. The maximum absolute atomic E-state index is 13.7. The zero-order chi connectivity index (χ0) is 23.1. The predicted molar refractivity (Wildman–Crippen MR) is 130 cm³/mol. The van der Waals surface area contributed by atoms with Gasteiger partial charge in [-0.1, -0.05) is 91.0 Å². The van der Waals surface area contributed by atoms with E-state index in [1.54, 1.807) is 54.6 Å². The van der Waals surface area contributed by atoms with Crippen LogP contribution < -0.4 is 9.62 Å². The van der Waals surface area contributed by atoms with E-state index in [0.29, 0.717) is 17.8 Å². The van der Waals surface area contributed by atoms with E-state index in [0.717, 1.165) is 11.1 Å². The smallest absolute Gasteiger partial charge is 0.264 e. The maximum atomic E-state index is 13.7. The number of anilines is 1. The number of nitrogens with one attached hydrogen (secondary N) is 1. The van der Waals surface area contributed by atoms with Crippen LogP contribution >= 0.6 is 0 Å². The van der Waals surface area contributed by atoms with Crippen LogP contribution in [0.25, 0.3) is 0 Å². The van der Waals surface area contributed by atoms with Crippen molar-refractivity contribution < 1.29 is 13.2 Å². The Morgan fingerprint density at radius 3 is 1.82 bits per heavy atom. The summed E-state index contributed by atoms with van der Waals surface area (Å²) in [6.45, 7) is 0.444. The fourth-order valence-corrected chi connectivity index (χ4v) is 5.02. The van der Waals surface area contributed by atoms with E-state index in [2.05, 4.69) is 5.32 Å². The molecule has 4 aromatic carbocycles. The summed E-state index contributed by atoms with van der Waals surface area (Å²) >= 11 is 0. The second kappa shape index (κ2) is 10.1. The van der Waals surface area contributed by atoms with Crippen LogP contribution in [0.15, 0.2) is 120 Å². The molecule has 0 bridgehead atoms. The number of rotatable bonds is 8. The van der Waals surface area contributed by atoms with Crippen molar-refractivity contribution in [2.75, 3.05) is 4.31 Å². The van der Waals surface area contributed by atoms with Crippen LogP contribution in [-0.2, 0) is 23.1 Å². The first kappa shape index (κ1) is 22.3. The van der Waals surface area contributed by atoms with Crippen molar-refractivity contribution in [1.29, 1.82) is 0 Å². The molecule has 4 aromatic rings. The zero-order valence-corrected chi connectivity index (χ0v) is 18.8. The van der Waals surface area contributed by atoms with Crippen LogP contribution in [0.5, 0.6) is 0 Å². The molecular formula is C27H24N2O3S. The van der Waals surface area contributed by atoms with Gasteiger partial charge in [-0.05, 0) is 35.4 Å². The van der Waals surface area contributed by atoms with Gasteiger partial charge >= 0.3 is 0 Å². The van der Waals surface area contributed by atoms with Crippen LogP contribution in [0.2, 0.25) is 0 Å². The lowest BCUT2D eigenvalue weighted by Gasteiger charge is -2.26. The molecule has 0 aliphatic rings. The Morgan fingerprint density at radius 2 is 1.18 bits per heavy atom. The first-order chi connectivity index (χ1) is 16.1. The highest BCUT2D eigenvalue weighted by atomic mass is 32.2. The van der Waals surface area contributed by atoms with Crippen molar-refractivity contribution in [3.05, 3.63) is 132 Å². The molecule has 33 heavy (non-hydrogen) atoms. The van der Waals surface area contributed by atoms with Crippen LogP contribution in [0.1, 0.15) is 21.5 Å². The van der Waals surface area contributed by atoms with E-state index in [1.165, 1.54) is 4.31 Å². The molecule has 4 rings (SSSR count). The van der Waals surface area contributed by atoms with E-state index in [4.69, 9.17) is 0 Å². The quantitative estimate of drug-likeness (QED) is 0.405. The number of para-hydroxylation sites is 1. The van der Waals surface area contributed by atoms with E-state index >= 15 is 0 Å². The average Bonchev–Trinajstić information content (AvgIpc) is 2.87. The lowest BCUT2D eigenvalue weighted by atomic mass is 10.1. The molecule has 0 aliphatic heterocycles. The first-order valence-corrected chi connectivity index (χ1v) is 12.0. The Labute approximate surface area is 194 Å². The standard InChI is InChI=1S/C27H24N2O3S/c30-27(28-20-22-12-4-1-5-13-22)25-18-10-11-19-26(25)29(21-23-14-6-2-7-15-23)33(31,32)24-16-8-3-9-17-24/h1-19H,20-21H2,(H,28,30). The van der Waals surface area contributed by atoms with Gasteiger partial charge in [0.2, 0.25) is 0 Å². The van der Waals surface area contributed by atoms with Crippen molar-refractivity contribution in [3.63, 3.8) is 0 Å². The van der Waals surface area contributed by atoms with Gasteiger partial charge in [-0.15, -0.1) is 0 Å². The molecule has 166 valence electrons. The molecule has 0 heterocycles. The molecule has 5 nitrogen and oxygen atoms in total. The zero-order valence-electron chi connectivity index (χ0n) is 18.0. The molecule has 0 aromatic heterocycles. The lowest BCUT2D eigenvalue weighted by molar-refractivity contribution is 0.0951. The third-order valence-electron chi connectivity index (χ3n) is 5.21. The minimum Gasteiger partial charge on any atom is -0.348 e. The highest BCUT2D eigenvalue weighted by molar-refractivity contribution is 7.92. The van der Waals surface area contributed by atoms with Crippen molar-refractivity contribution in [2.24, 2.45) is 0 Å². The predicted octanol–water partition coefficient (Wildman–Crippen LogP) is 5.01. The third-order valence-corrected chi connectivity index (χ3v) is 6.99. The van der Waals surface area contributed by atoms with Gasteiger partial charge in [0.25, 0.3) is 15.9 Å². The first-order valence-electron chi connectivity index (χ1n) is 10.6. The number of hydrogen-bond donors (Lipinski definition) is 1. The van der Waals surface area contributed by atoms with Gasteiger partial charge in [0.1, 0.15) is 0 Å². The van der Waals surface area contributed by atoms with Crippen molar-refractivity contribution in [2.45, 2.75) is 18.0 Å². The Morgan fingerprint density at radius 1 is 0.667 bits per heavy atom. The lowest BCUT2D eigenvalue weighted by Crippen LogP contribution is -2.33. The van der Waals surface area contributed by atoms with Gasteiger partial charge in [0.05, 0.1) is 22.7 Å². The summed E-state index contributed by atoms with van der Waals surface area (Å²) in [4.78, 5) is 13.3. The number of amides is 1. The number of hydrogen-bond acceptors (Lipinski definition) is 3. The van der Waals surface area contributed by atoms with Crippen LogP contribution in [0.4, 0.5) is 5.69 Å². The topological polar surface area (TPSA) is 66.5 Å². The molecule has 1 amide bonds. The fourth-order valence-electron chi connectivity index (χ4n) is 3.53. The highest BCUT2D eigenvalue weighted by Gasteiger charge is 2.28. The van der Waals surface area contributed by atoms with Crippen molar-refractivity contribution >= 4 is 21.6 Å². The molecule has 0 atom stereocenters. The number of carbonyl (C=O) groups excluding carboxylic acids is 1. The van der Waals surface area contributed by atoms with E-state index in [9.17, 15) is 13.2 Å². The average molecular weight is 457 g/mol. The van der Waals surface area contributed by atoms with E-state index in [1.807, 2.05) is 60.7 Å². The molecule has 0 aliphatic carbocycles. The molecule has 0 unspecified atom stereocenters. The van der Waals surface area contributed by atoms with Gasteiger partial charge in [-0.2, -0.15) is 0 Å². The number of benzene rings is 4. The second-order valence-electron chi connectivity index (χ2n) is 7.50. The molecular weight excluding hydrogens is 432 g/mol. The fraction of sp³-hybridized carbons (Fsp3) is 0.0741. The van der Waals surface area contributed by atoms with Crippen LogP contribution in [-0.4, -0.2) is 14.3 Å². The SMILES string of the molecule is O=C(NCc1ccccc1)c1ccccc1N(Cc1ccccc1)S(=O)(=O)c1ccccc1. The third kappa shape index (κ3) is 5.30. The van der Waals surface area contributed by atoms with E-state index < -0.39 is 10.0 Å². The molecule has 0 saturated carbocycles. The largest absolute Gasteiger partial charge is 0.348 e. The van der Waals surface area contributed by atoms with Gasteiger partial charge in [0, 0.05) is 6.54 Å². The highest BCUT2D eigenvalue weighted by Crippen LogP contribution is 2.29. The van der Waals surface area contributed by atoms with Crippen LogP contribution in [0.3, 0.4) is 0 Å². The molecule has 0 radical (unpaired) electrons. The van der Waals surface area contributed by atoms with Gasteiger partial charge in [-0.25, -0.2) is 8.42 Å². The van der Waals surface area contributed by atoms with Gasteiger partial charge in [0.15, 0.2) is 0 Å². The minimum atomic E-state index is -3.92. The Bertz CT molecular complexity index is 1310. The summed E-state index contributed by atoms with van der Waals surface area (Å²) in [7, 11) is -3.92. The second-order valence-corrected chi connectivity index (χ2v) is 9.36. The van der Waals surface area contributed by atoms with Gasteiger partial charge in [-0.3, -0.25) is 9.10 Å². The number of carbonyl (C=O) groups is 1. The maximum Gasteiger partial charge on any atom is 0.264 e. The summed E-state index contributed by atoms with van der Waals surface area (Å²) < 4.78 is 28.7. The summed E-state index contributed by atoms with van der Waals surface area (Å²) in [6.07, 6.45) is 0. The Hall–Kier alpha value is -3.90. The van der Waals surface area contributed by atoms with Crippen molar-refractivity contribution in [1.82, 2.24) is 5.32 Å². The Balaban J connectivity index is 1.72. The summed E-state index contributed by atoms with van der Waals surface area (Å²) in [5.41, 5.74) is 2.40. The molecule has 0 fully saturated rings. The monoisotopic (exact) mass is 456 g/mol. The molecule has 0 spiro atoms.